The van der Waals surface area contributed by atoms with Crippen molar-refractivity contribution in [3.63, 3.8) is 0 Å². The second-order valence-corrected chi connectivity index (χ2v) is 5.04. The fourth-order valence-corrected chi connectivity index (χ4v) is 2.44. The SMILES string of the molecule is CCOC(=O)C(Cc1ccc(Cl)c2occc12)C(=O)OCC. The van der Waals surface area contributed by atoms with Crippen LogP contribution in [-0.2, 0) is 25.5 Å². The first kappa shape index (κ1) is 16.4. The minimum atomic E-state index is -1.00. The van der Waals surface area contributed by atoms with Crippen molar-refractivity contribution in [3.8, 4) is 0 Å². The van der Waals surface area contributed by atoms with Crippen molar-refractivity contribution in [2.45, 2.75) is 20.3 Å². The number of carbonyl (C=O) groups excluding carboxylic acids is 2. The zero-order chi connectivity index (χ0) is 16.1. The third-order valence-corrected chi connectivity index (χ3v) is 3.52. The van der Waals surface area contributed by atoms with Gasteiger partial charge >= 0.3 is 11.9 Å². The third kappa shape index (κ3) is 3.42. The van der Waals surface area contributed by atoms with Gasteiger partial charge in [-0.2, -0.15) is 0 Å². The topological polar surface area (TPSA) is 65.7 Å². The molecule has 0 spiro atoms. The van der Waals surface area contributed by atoms with E-state index in [-0.39, 0.29) is 19.6 Å². The number of esters is 2. The normalized spacial score (nSPS) is 10.9. The minimum Gasteiger partial charge on any atom is -0.465 e. The van der Waals surface area contributed by atoms with Crippen LogP contribution < -0.4 is 0 Å². The summed E-state index contributed by atoms with van der Waals surface area (Å²) in [6.45, 7) is 3.79. The van der Waals surface area contributed by atoms with E-state index in [1.165, 1.54) is 6.26 Å². The lowest BCUT2D eigenvalue weighted by molar-refractivity contribution is -0.161. The van der Waals surface area contributed by atoms with Gasteiger partial charge < -0.3 is 13.9 Å². The lowest BCUT2D eigenvalue weighted by atomic mass is 9.97. The van der Waals surface area contributed by atoms with Crippen molar-refractivity contribution in [1.82, 2.24) is 0 Å². The molecule has 0 radical (unpaired) electrons. The fourth-order valence-electron chi connectivity index (χ4n) is 2.23. The van der Waals surface area contributed by atoms with E-state index in [1.807, 2.05) is 0 Å². The molecule has 0 saturated heterocycles. The molecule has 2 aromatic rings. The quantitative estimate of drug-likeness (QED) is 0.602. The summed E-state index contributed by atoms with van der Waals surface area (Å²) in [7, 11) is 0. The molecular formula is C16H17ClO5. The molecule has 118 valence electrons. The molecule has 1 aromatic carbocycles. The third-order valence-electron chi connectivity index (χ3n) is 3.23. The van der Waals surface area contributed by atoms with Crippen LogP contribution in [0, 0.1) is 5.92 Å². The summed E-state index contributed by atoms with van der Waals surface area (Å²) < 4.78 is 15.3. The van der Waals surface area contributed by atoms with Crippen molar-refractivity contribution in [2.24, 2.45) is 5.92 Å². The summed E-state index contributed by atoms with van der Waals surface area (Å²) in [5.74, 6) is -2.18. The van der Waals surface area contributed by atoms with Crippen LogP contribution in [0.1, 0.15) is 19.4 Å². The van der Waals surface area contributed by atoms with E-state index >= 15 is 0 Å². The Kier molecular flexibility index (Phi) is 5.44. The second-order valence-electron chi connectivity index (χ2n) is 4.63. The minimum absolute atomic E-state index is 0.171. The van der Waals surface area contributed by atoms with Crippen molar-refractivity contribution >= 4 is 34.5 Å². The van der Waals surface area contributed by atoms with E-state index in [4.69, 9.17) is 25.5 Å². The average molecular weight is 325 g/mol. The van der Waals surface area contributed by atoms with Gasteiger partial charge in [-0.25, -0.2) is 0 Å². The highest BCUT2D eigenvalue weighted by molar-refractivity contribution is 6.34. The Hall–Kier alpha value is -2.01. The van der Waals surface area contributed by atoms with E-state index in [0.29, 0.717) is 10.6 Å². The molecular weight excluding hydrogens is 308 g/mol. The molecule has 5 nitrogen and oxygen atoms in total. The van der Waals surface area contributed by atoms with Crippen molar-refractivity contribution in [1.29, 1.82) is 0 Å². The molecule has 6 heteroatoms. The van der Waals surface area contributed by atoms with E-state index in [0.717, 1.165) is 10.9 Å². The zero-order valence-electron chi connectivity index (χ0n) is 12.4. The molecule has 0 bridgehead atoms. The van der Waals surface area contributed by atoms with Crippen molar-refractivity contribution in [3.05, 3.63) is 35.0 Å². The first-order valence-corrected chi connectivity index (χ1v) is 7.44. The number of rotatable bonds is 6. The number of carbonyl (C=O) groups is 2. The summed E-state index contributed by atoms with van der Waals surface area (Å²) >= 11 is 6.05. The van der Waals surface area contributed by atoms with Gasteiger partial charge in [0.25, 0.3) is 0 Å². The van der Waals surface area contributed by atoms with Gasteiger partial charge in [0.15, 0.2) is 11.5 Å². The number of ether oxygens (including phenoxy) is 2. The zero-order valence-corrected chi connectivity index (χ0v) is 13.2. The molecule has 0 N–H and O–H groups in total. The maximum Gasteiger partial charge on any atom is 0.320 e. The molecule has 1 heterocycles. The lowest BCUT2D eigenvalue weighted by Crippen LogP contribution is -2.30. The van der Waals surface area contributed by atoms with Gasteiger partial charge in [-0.3, -0.25) is 9.59 Å². The Morgan fingerprint density at radius 3 is 2.36 bits per heavy atom. The molecule has 22 heavy (non-hydrogen) atoms. The van der Waals surface area contributed by atoms with Gasteiger partial charge in [0.2, 0.25) is 0 Å². The largest absolute Gasteiger partial charge is 0.465 e. The monoisotopic (exact) mass is 324 g/mol. The predicted molar refractivity (Wildman–Crippen MR) is 81.7 cm³/mol. The Balaban J connectivity index is 2.32. The van der Waals surface area contributed by atoms with Gasteiger partial charge in [-0.1, -0.05) is 17.7 Å². The highest BCUT2D eigenvalue weighted by Gasteiger charge is 2.30. The smallest absolute Gasteiger partial charge is 0.320 e. The molecule has 2 rings (SSSR count). The molecule has 0 atom stereocenters. The van der Waals surface area contributed by atoms with Crippen LogP contribution in [0.5, 0.6) is 0 Å². The molecule has 0 amide bonds. The molecule has 0 aliphatic rings. The molecule has 0 unspecified atom stereocenters. The second kappa shape index (κ2) is 7.31. The standard InChI is InChI=1S/C16H17ClO5/c1-3-20-15(18)12(16(19)21-4-2)9-10-5-6-13(17)14-11(10)7-8-22-14/h5-8,12H,3-4,9H2,1-2H3. The number of hydrogen-bond donors (Lipinski definition) is 0. The Morgan fingerprint density at radius 2 is 1.77 bits per heavy atom. The van der Waals surface area contributed by atoms with E-state index in [9.17, 15) is 9.59 Å². The average Bonchev–Trinajstić information content (AvgIpc) is 2.97. The predicted octanol–water partition coefficient (Wildman–Crippen LogP) is 3.37. The molecule has 0 saturated carbocycles. The van der Waals surface area contributed by atoms with Gasteiger partial charge in [0, 0.05) is 5.39 Å². The fraction of sp³-hybridized carbons (Fsp3) is 0.375. The number of hydrogen-bond acceptors (Lipinski definition) is 5. The number of furan rings is 1. The van der Waals surface area contributed by atoms with Gasteiger partial charge in [-0.15, -0.1) is 0 Å². The maximum atomic E-state index is 12.0. The van der Waals surface area contributed by atoms with Crippen LogP contribution in [0.15, 0.2) is 28.9 Å². The van der Waals surface area contributed by atoms with Crippen LogP contribution in [0.25, 0.3) is 11.0 Å². The summed E-state index contributed by atoms with van der Waals surface area (Å²) in [6, 6.07) is 5.20. The molecule has 0 aliphatic carbocycles. The first-order valence-electron chi connectivity index (χ1n) is 7.06. The van der Waals surface area contributed by atoms with Crippen molar-refractivity contribution < 1.29 is 23.5 Å². The number of benzene rings is 1. The molecule has 0 fully saturated rings. The highest BCUT2D eigenvalue weighted by Crippen LogP contribution is 2.29. The Bertz CT molecular complexity index is 658. The van der Waals surface area contributed by atoms with Gasteiger partial charge in [-0.05, 0) is 38.0 Å². The summed E-state index contributed by atoms with van der Waals surface area (Å²) in [6.07, 6.45) is 1.69. The van der Waals surface area contributed by atoms with Crippen LogP contribution in [-0.4, -0.2) is 25.2 Å². The Morgan fingerprint density at radius 1 is 1.14 bits per heavy atom. The summed E-state index contributed by atoms with van der Waals surface area (Å²) in [5.41, 5.74) is 1.31. The van der Waals surface area contributed by atoms with Gasteiger partial charge in [0.05, 0.1) is 24.5 Å². The molecule has 0 aliphatic heterocycles. The first-order chi connectivity index (χ1) is 10.6. The van der Waals surface area contributed by atoms with Crippen molar-refractivity contribution in [2.75, 3.05) is 13.2 Å². The number of fused-ring (bicyclic) bond motifs is 1. The van der Waals surface area contributed by atoms with E-state index in [1.54, 1.807) is 32.0 Å². The van der Waals surface area contributed by atoms with Crippen LogP contribution in [0.4, 0.5) is 0 Å². The van der Waals surface area contributed by atoms with E-state index < -0.39 is 17.9 Å². The van der Waals surface area contributed by atoms with E-state index in [2.05, 4.69) is 0 Å². The Labute approximate surface area is 133 Å². The number of halogens is 1. The van der Waals surface area contributed by atoms with Crippen LogP contribution in [0.3, 0.4) is 0 Å². The lowest BCUT2D eigenvalue weighted by Gasteiger charge is -2.15. The molecule has 1 aromatic heterocycles. The van der Waals surface area contributed by atoms with Crippen LogP contribution >= 0.6 is 11.6 Å². The summed E-state index contributed by atoms with van der Waals surface area (Å²) in [5, 5.41) is 1.25. The maximum absolute atomic E-state index is 12.0. The summed E-state index contributed by atoms with van der Waals surface area (Å²) in [4.78, 5) is 24.1. The highest BCUT2D eigenvalue weighted by atomic mass is 35.5. The van der Waals surface area contributed by atoms with Gasteiger partial charge in [0.1, 0.15) is 0 Å². The van der Waals surface area contributed by atoms with Crippen LogP contribution in [0.2, 0.25) is 5.02 Å².